The smallest absolute Gasteiger partial charge is 0.224 e. The van der Waals surface area contributed by atoms with Crippen molar-refractivity contribution in [2.45, 2.75) is 44.7 Å². The summed E-state index contributed by atoms with van der Waals surface area (Å²) >= 11 is 0. The van der Waals surface area contributed by atoms with E-state index in [-0.39, 0.29) is 30.7 Å². The highest BCUT2D eigenvalue weighted by molar-refractivity contribution is 5.85. The van der Waals surface area contributed by atoms with Crippen molar-refractivity contribution in [1.29, 1.82) is 0 Å². The highest BCUT2D eigenvalue weighted by Crippen LogP contribution is 2.25. The van der Waals surface area contributed by atoms with Gasteiger partial charge in [-0.05, 0) is 38.1 Å². The van der Waals surface area contributed by atoms with Gasteiger partial charge in [0.25, 0.3) is 0 Å². The minimum Gasteiger partial charge on any atom is -0.343 e. The fourth-order valence-electron chi connectivity index (χ4n) is 3.47. The molecule has 2 fully saturated rings. The molecule has 5 nitrogen and oxygen atoms in total. The third-order valence-corrected chi connectivity index (χ3v) is 4.70. The molecule has 7 heteroatoms. The Morgan fingerprint density at radius 2 is 2.00 bits per heavy atom. The maximum Gasteiger partial charge on any atom is 0.224 e. The Morgan fingerprint density at radius 1 is 1.23 bits per heavy atom. The molecular formula is C15H26Cl2N4O. The maximum atomic E-state index is 12.2. The molecule has 0 radical (unpaired) electrons. The third kappa shape index (κ3) is 4.86. The first-order chi connectivity index (χ1) is 9.83. The Bertz CT molecular complexity index is 427. The van der Waals surface area contributed by atoms with Crippen molar-refractivity contribution in [2.75, 3.05) is 19.6 Å². The van der Waals surface area contributed by atoms with Gasteiger partial charge in [-0.3, -0.25) is 4.79 Å². The number of likely N-dealkylation sites (tertiary alicyclic amines) is 1. The lowest BCUT2D eigenvalue weighted by Gasteiger charge is -2.35. The third-order valence-electron chi connectivity index (χ3n) is 4.70. The predicted molar refractivity (Wildman–Crippen MR) is 91.7 cm³/mol. The van der Waals surface area contributed by atoms with Gasteiger partial charge in [0.2, 0.25) is 5.91 Å². The minimum absolute atomic E-state index is 0. The molecule has 22 heavy (non-hydrogen) atoms. The number of halogens is 2. The second-order valence-corrected chi connectivity index (χ2v) is 5.97. The summed E-state index contributed by atoms with van der Waals surface area (Å²) in [5.74, 6) is 1.06. The number of nitrogens with one attached hydrogen (secondary N) is 1. The summed E-state index contributed by atoms with van der Waals surface area (Å²) < 4.78 is 1.97. The molecule has 3 heterocycles. The van der Waals surface area contributed by atoms with Gasteiger partial charge in [0.1, 0.15) is 0 Å². The number of carbonyl (C=O) groups excluding carboxylic acids is 1. The Balaban J connectivity index is 0.00000121. The normalized spacial score (nSPS) is 22.0. The lowest BCUT2D eigenvalue weighted by molar-refractivity contribution is -0.132. The van der Waals surface area contributed by atoms with Crippen molar-refractivity contribution in [3.05, 3.63) is 18.7 Å². The zero-order valence-electron chi connectivity index (χ0n) is 12.8. The van der Waals surface area contributed by atoms with Crippen LogP contribution in [0.4, 0.5) is 0 Å². The lowest BCUT2D eigenvalue weighted by atomic mass is 9.88. The number of carbonyl (C=O) groups is 1. The van der Waals surface area contributed by atoms with E-state index in [2.05, 4.69) is 10.3 Å². The molecule has 0 spiro atoms. The van der Waals surface area contributed by atoms with Gasteiger partial charge in [0, 0.05) is 44.5 Å². The molecule has 2 aliphatic heterocycles. The molecule has 1 atom stereocenters. The van der Waals surface area contributed by atoms with Gasteiger partial charge < -0.3 is 14.8 Å². The topological polar surface area (TPSA) is 50.2 Å². The highest BCUT2D eigenvalue weighted by atomic mass is 35.5. The molecule has 1 aromatic rings. The van der Waals surface area contributed by atoms with Crippen molar-refractivity contribution < 1.29 is 4.79 Å². The van der Waals surface area contributed by atoms with Gasteiger partial charge >= 0.3 is 0 Å². The predicted octanol–water partition coefficient (Wildman–Crippen LogP) is 2.11. The molecule has 3 rings (SSSR count). The first-order valence-corrected chi connectivity index (χ1v) is 7.80. The molecule has 1 unspecified atom stereocenters. The van der Waals surface area contributed by atoms with Crippen LogP contribution in [0.25, 0.3) is 0 Å². The first kappa shape index (κ1) is 19.3. The fourth-order valence-corrected chi connectivity index (χ4v) is 3.47. The Morgan fingerprint density at radius 3 is 2.59 bits per heavy atom. The van der Waals surface area contributed by atoms with Crippen molar-refractivity contribution in [1.82, 2.24) is 19.8 Å². The SMILES string of the molecule is Cl.Cl.O=C(CCn1ccnc1)N1CCC(C2CCCN2)CC1. The number of hydrogen-bond donors (Lipinski definition) is 1. The number of piperidine rings is 1. The summed E-state index contributed by atoms with van der Waals surface area (Å²) in [7, 11) is 0. The number of rotatable bonds is 4. The Labute approximate surface area is 144 Å². The average Bonchev–Trinajstić information content (AvgIpc) is 3.18. The van der Waals surface area contributed by atoms with E-state index in [0.29, 0.717) is 12.5 Å². The second-order valence-electron chi connectivity index (χ2n) is 5.97. The summed E-state index contributed by atoms with van der Waals surface area (Å²) in [5, 5.41) is 3.60. The van der Waals surface area contributed by atoms with Gasteiger partial charge in [-0.2, -0.15) is 0 Å². The van der Waals surface area contributed by atoms with Crippen LogP contribution in [-0.2, 0) is 11.3 Å². The highest BCUT2D eigenvalue weighted by Gasteiger charge is 2.29. The molecule has 1 N–H and O–H groups in total. The largest absolute Gasteiger partial charge is 0.343 e. The van der Waals surface area contributed by atoms with Crippen LogP contribution in [0.1, 0.15) is 32.1 Å². The van der Waals surface area contributed by atoms with E-state index in [9.17, 15) is 4.79 Å². The van der Waals surface area contributed by atoms with Crippen molar-refractivity contribution in [3.8, 4) is 0 Å². The number of imidazole rings is 1. The fraction of sp³-hybridized carbons (Fsp3) is 0.733. The van der Waals surface area contributed by atoms with Crippen LogP contribution in [0.5, 0.6) is 0 Å². The van der Waals surface area contributed by atoms with Crippen LogP contribution >= 0.6 is 24.8 Å². The van der Waals surface area contributed by atoms with E-state index in [1.165, 1.54) is 19.4 Å². The Hall–Kier alpha value is -0.780. The summed E-state index contributed by atoms with van der Waals surface area (Å²) in [6, 6.07) is 0.707. The van der Waals surface area contributed by atoms with Crippen molar-refractivity contribution in [2.24, 2.45) is 5.92 Å². The molecule has 126 valence electrons. The van der Waals surface area contributed by atoms with Gasteiger partial charge in [-0.15, -0.1) is 24.8 Å². The summed E-state index contributed by atoms with van der Waals surface area (Å²) in [6.07, 6.45) is 11.0. The van der Waals surface area contributed by atoms with Crippen LogP contribution in [0, 0.1) is 5.92 Å². The van der Waals surface area contributed by atoms with E-state index in [4.69, 9.17) is 0 Å². The van der Waals surface area contributed by atoms with Crippen LogP contribution in [-0.4, -0.2) is 46.0 Å². The quantitative estimate of drug-likeness (QED) is 0.906. The van der Waals surface area contributed by atoms with E-state index in [1.54, 1.807) is 12.5 Å². The minimum atomic E-state index is 0. The average molecular weight is 349 g/mol. The van der Waals surface area contributed by atoms with Gasteiger partial charge in [0.05, 0.1) is 6.33 Å². The second kappa shape index (κ2) is 9.38. The molecule has 0 aliphatic carbocycles. The molecule has 0 saturated carbocycles. The zero-order chi connectivity index (χ0) is 13.8. The summed E-state index contributed by atoms with van der Waals surface area (Å²) in [6.45, 7) is 3.79. The molecule has 2 saturated heterocycles. The van der Waals surface area contributed by atoms with Crippen LogP contribution in [0.2, 0.25) is 0 Å². The van der Waals surface area contributed by atoms with E-state index in [1.807, 2.05) is 15.7 Å². The van der Waals surface area contributed by atoms with Crippen LogP contribution in [0.3, 0.4) is 0 Å². The Kier molecular flexibility index (Phi) is 8.21. The number of aryl methyl sites for hydroxylation is 1. The summed E-state index contributed by atoms with van der Waals surface area (Å²) in [4.78, 5) is 18.2. The monoisotopic (exact) mass is 348 g/mol. The van der Waals surface area contributed by atoms with Crippen LogP contribution < -0.4 is 5.32 Å². The zero-order valence-corrected chi connectivity index (χ0v) is 14.5. The number of nitrogens with zero attached hydrogens (tertiary/aromatic N) is 3. The van der Waals surface area contributed by atoms with Crippen molar-refractivity contribution >= 4 is 30.7 Å². The maximum absolute atomic E-state index is 12.2. The molecular weight excluding hydrogens is 323 g/mol. The van der Waals surface area contributed by atoms with Gasteiger partial charge in [-0.25, -0.2) is 4.98 Å². The van der Waals surface area contributed by atoms with E-state index < -0.39 is 0 Å². The van der Waals surface area contributed by atoms with E-state index >= 15 is 0 Å². The van der Waals surface area contributed by atoms with E-state index in [0.717, 1.165) is 38.4 Å². The molecule has 2 aliphatic rings. The molecule has 0 aromatic carbocycles. The molecule has 1 aromatic heterocycles. The molecule has 0 bridgehead atoms. The van der Waals surface area contributed by atoms with Gasteiger partial charge in [-0.1, -0.05) is 0 Å². The summed E-state index contributed by atoms with van der Waals surface area (Å²) in [5.41, 5.74) is 0. The van der Waals surface area contributed by atoms with Gasteiger partial charge in [0.15, 0.2) is 0 Å². The number of hydrogen-bond acceptors (Lipinski definition) is 3. The van der Waals surface area contributed by atoms with Crippen molar-refractivity contribution in [3.63, 3.8) is 0 Å². The molecule has 1 amide bonds. The first-order valence-electron chi connectivity index (χ1n) is 7.80. The number of amides is 1. The standard InChI is InChI=1S/C15H24N4O.2ClH/c20-15(5-8-18-11-7-16-12-18)19-9-3-13(4-10-19)14-2-1-6-17-14;;/h7,11-14,17H,1-6,8-10H2;2*1H. The number of aromatic nitrogens is 2. The van der Waals surface area contributed by atoms with Crippen LogP contribution in [0.15, 0.2) is 18.7 Å². The lowest BCUT2D eigenvalue weighted by Crippen LogP contribution is -2.43.